The van der Waals surface area contributed by atoms with Gasteiger partial charge >= 0.3 is 6.09 Å². The van der Waals surface area contributed by atoms with Gasteiger partial charge in [-0.2, -0.15) is 0 Å². The van der Waals surface area contributed by atoms with E-state index >= 15 is 0 Å². The summed E-state index contributed by atoms with van der Waals surface area (Å²) in [4.78, 5) is 29.0. The van der Waals surface area contributed by atoms with Crippen molar-refractivity contribution in [2.24, 2.45) is 7.05 Å². The zero-order valence-corrected chi connectivity index (χ0v) is 16.5. The Balaban J connectivity index is 2.01. The van der Waals surface area contributed by atoms with E-state index in [0.29, 0.717) is 27.6 Å². The number of nitrogens with one attached hydrogen (secondary N) is 2. The molecule has 0 saturated carbocycles. The van der Waals surface area contributed by atoms with E-state index < -0.39 is 11.7 Å². The number of aryl methyl sites for hydroxylation is 1. The average Bonchev–Trinajstić information content (AvgIpc) is 2.59. The molecule has 2 aromatic rings. The number of fused-ring (bicyclic) bond motifs is 1. The maximum Gasteiger partial charge on any atom is 0.413 e. The van der Waals surface area contributed by atoms with Crippen LogP contribution in [0.2, 0.25) is 0 Å². The predicted octanol–water partition coefficient (Wildman–Crippen LogP) is 3.47. The minimum absolute atomic E-state index is 0.116. The van der Waals surface area contributed by atoms with Gasteiger partial charge in [0.15, 0.2) is 0 Å². The largest absolute Gasteiger partial charge is 0.444 e. The number of pyridine rings is 2. The van der Waals surface area contributed by atoms with Gasteiger partial charge in [-0.05, 0) is 39.3 Å². The summed E-state index contributed by atoms with van der Waals surface area (Å²) >= 11 is 0. The van der Waals surface area contributed by atoms with Gasteiger partial charge < -0.3 is 14.6 Å². The van der Waals surface area contributed by atoms with Crippen LogP contribution in [0, 0.1) is 0 Å². The third kappa shape index (κ3) is 3.90. The van der Waals surface area contributed by atoms with Crippen LogP contribution in [0.4, 0.5) is 15.0 Å². The van der Waals surface area contributed by atoms with Gasteiger partial charge in [-0.1, -0.05) is 0 Å². The maximum absolute atomic E-state index is 14.0. The highest BCUT2D eigenvalue weighted by molar-refractivity contribution is 5.90. The van der Waals surface area contributed by atoms with Gasteiger partial charge in [-0.25, -0.2) is 14.2 Å². The van der Waals surface area contributed by atoms with Crippen LogP contribution < -0.4 is 16.2 Å². The van der Waals surface area contributed by atoms with Gasteiger partial charge in [-0.15, -0.1) is 0 Å². The van der Waals surface area contributed by atoms with E-state index in [1.807, 2.05) is 0 Å². The van der Waals surface area contributed by atoms with Crippen LogP contribution in [-0.2, 0) is 11.8 Å². The lowest BCUT2D eigenvalue weighted by atomic mass is 9.97. The molecule has 28 heavy (non-hydrogen) atoms. The van der Waals surface area contributed by atoms with E-state index in [0.717, 1.165) is 0 Å². The summed E-state index contributed by atoms with van der Waals surface area (Å²) in [5.41, 5.74) is 1.01. The molecule has 7 nitrogen and oxygen atoms in total. The summed E-state index contributed by atoms with van der Waals surface area (Å²) in [5.74, 6) is -0.0279. The lowest BCUT2D eigenvalue weighted by molar-refractivity contribution is 0.0635. The summed E-state index contributed by atoms with van der Waals surface area (Å²) in [6, 6.07) is 3.28. The number of hydrogen-bond donors (Lipinski definition) is 2. The van der Waals surface area contributed by atoms with Crippen molar-refractivity contribution in [3.63, 3.8) is 0 Å². The lowest BCUT2D eigenvalue weighted by Crippen LogP contribution is -2.27. The average molecular weight is 386 g/mol. The Hall–Kier alpha value is -3.16. The van der Waals surface area contributed by atoms with Gasteiger partial charge in [0.25, 0.3) is 5.56 Å². The number of carbonyl (C=O) groups excluding carboxylic acids is 1. The molecule has 0 atom stereocenters. The molecule has 0 unspecified atom stereocenters. The standard InChI is InChI=1S/C20H23FN4O3/c1-11-14(9-22-10-15(11)21)13-6-12-8-23-17(7-16(12)25(5)18(13)26)24-19(27)28-20(2,3)4/h6-9,22H,10H2,1-5H3,(H,23,24,27). The number of amides is 1. The minimum atomic E-state index is -0.634. The fourth-order valence-corrected chi connectivity index (χ4v) is 2.94. The Bertz CT molecular complexity index is 1080. The quantitative estimate of drug-likeness (QED) is 0.826. The Morgan fingerprint density at radius 2 is 2.07 bits per heavy atom. The molecule has 0 saturated heterocycles. The Morgan fingerprint density at radius 3 is 2.75 bits per heavy atom. The molecule has 148 valence electrons. The van der Waals surface area contributed by atoms with E-state index in [9.17, 15) is 14.0 Å². The first-order chi connectivity index (χ1) is 13.1. The molecule has 2 N–H and O–H groups in total. The summed E-state index contributed by atoms with van der Waals surface area (Å²) in [6.45, 7) is 7.06. The first-order valence-electron chi connectivity index (χ1n) is 8.86. The lowest BCUT2D eigenvalue weighted by Gasteiger charge is -2.20. The molecule has 8 heteroatoms. The van der Waals surface area contributed by atoms with Gasteiger partial charge in [0.05, 0.1) is 12.1 Å². The van der Waals surface area contributed by atoms with Crippen molar-refractivity contribution < 1.29 is 13.9 Å². The van der Waals surface area contributed by atoms with Crippen LogP contribution in [0.15, 0.2) is 40.7 Å². The summed E-state index contributed by atoms with van der Waals surface area (Å²) < 4.78 is 20.6. The molecule has 0 aliphatic carbocycles. The number of aromatic nitrogens is 2. The third-order valence-electron chi connectivity index (χ3n) is 4.34. The smallest absolute Gasteiger partial charge is 0.413 e. The fourth-order valence-electron chi connectivity index (χ4n) is 2.94. The highest BCUT2D eigenvalue weighted by atomic mass is 19.1. The Labute approximate surface area is 161 Å². The Kier molecular flexibility index (Phi) is 4.97. The normalized spacial score (nSPS) is 14.6. The fraction of sp³-hybridized carbons (Fsp3) is 0.350. The summed E-state index contributed by atoms with van der Waals surface area (Å²) in [7, 11) is 1.62. The van der Waals surface area contributed by atoms with Crippen LogP contribution in [0.5, 0.6) is 0 Å². The molecule has 3 heterocycles. The van der Waals surface area contributed by atoms with Crippen molar-refractivity contribution in [1.29, 1.82) is 0 Å². The van der Waals surface area contributed by atoms with Crippen molar-refractivity contribution in [3.8, 4) is 0 Å². The predicted molar refractivity (Wildman–Crippen MR) is 107 cm³/mol. The number of dihydropyridines is 1. The first-order valence-corrected chi connectivity index (χ1v) is 8.86. The second kappa shape index (κ2) is 7.10. The number of hydrogen-bond acceptors (Lipinski definition) is 5. The van der Waals surface area contributed by atoms with Crippen LogP contribution in [0.3, 0.4) is 0 Å². The zero-order chi connectivity index (χ0) is 20.6. The van der Waals surface area contributed by atoms with Crippen LogP contribution >= 0.6 is 0 Å². The summed E-state index contributed by atoms with van der Waals surface area (Å²) in [5, 5.41) is 6.09. The number of halogens is 1. The van der Waals surface area contributed by atoms with Crippen LogP contribution in [0.25, 0.3) is 16.5 Å². The number of nitrogens with zero attached hydrogens (tertiary/aromatic N) is 2. The van der Waals surface area contributed by atoms with Crippen molar-refractivity contribution >= 4 is 28.4 Å². The molecule has 0 spiro atoms. The van der Waals surface area contributed by atoms with Crippen molar-refractivity contribution in [1.82, 2.24) is 14.9 Å². The molecule has 0 aromatic carbocycles. The molecule has 0 fully saturated rings. The number of ether oxygens (including phenoxy) is 1. The summed E-state index contributed by atoms with van der Waals surface area (Å²) in [6.07, 6.45) is 2.57. The van der Waals surface area contributed by atoms with Gasteiger partial charge in [0, 0.05) is 42.0 Å². The van der Waals surface area contributed by atoms with E-state index in [4.69, 9.17) is 4.74 Å². The van der Waals surface area contributed by atoms with Gasteiger partial charge in [0.2, 0.25) is 0 Å². The molecule has 0 radical (unpaired) electrons. The van der Waals surface area contributed by atoms with Gasteiger partial charge in [-0.3, -0.25) is 10.1 Å². The molecular formula is C20H23FN4O3. The highest BCUT2D eigenvalue weighted by Gasteiger charge is 2.19. The molecule has 1 aliphatic heterocycles. The Morgan fingerprint density at radius 1 is 1.36 bits per heavy atom. The molecule has 3 rings (SSSR count). The monoisotopic (exact) mass is 386 g/mol. The van der Waals surface area contributed by atoms with E-state index in [-0.39, 0.29) is 23.7 Å². The molecule has 0 bridgehead atoms. The SMILES string of the molecule is CC1=C(F)CNC=C1c1cc2cnc(NC(=O)OC(C)(C)C)cc2n(C)c1=O. The molecule has 1 aliphatic rings. The zero-order valence-electron chi connectivity index (χ0n) is 16.5. The van der Waals surface area contributed by atoms with Crippen molar-refractivity contribution in [3.05, 3.63) is 51.8 Å². The topological polar surface area (TPSA) is 85.2 Å². The molecular weight excluding hydrogens is 363 g/mol. The van der Waals surface area contributed by atoms with Crippen molar-refractivity contribution in [2.75, 3.05) is 11.9 Å². The minimum Gasteiger partial charge on any atom is -0.444 e. The van der Waals surface area contributed by atoms with E-state index in [2.05, 4.69) is 15.6 Å². The van der Waals surface area contributed by atoms with E-state index in [1.54, 1.807) is 59.3 Å². The molecule has 1 amide bonds. The van der Waals surface area contributed by atoms with Crippen LogP contribution in [-0.4, -0.2) is 27.8 Å². The van der Waals surface area contributed by atoms with E-state index in [1.165, 1.54) is 4.57 Å². The number of allylic oxidation sites excluding steroid dienone is 2. The number of rotatable bonds is 2. The second-order valence-corrected chi connectivity index (χ2v) is 7.65. The maximum atomic E-state index is 14.0. The number of carbonyl (C=O) groups is 1. The first kappa shape index (κ1) is 19.6. The molecule has 2 aromatic heterocycles. The van der Waals surface area contributed by atoms with Gasteiger partial charge in [0.1, 0.15) is 17.2 Å². The van der Waals surface area contributed by atoms with Crippen LogP contribution in [0.1, 0.15) is 33.3 Å². The third-order valence-corrected chi connectivity index (χ3v) is 4.34. The second-order valence-electron chi connectivity index (χ2n) is 7.65. The number of anilines is 1. The van der Waals surface area contributed by atoms with Crippen molar-refractivity contribution in [2.45, 2.75) is 33.3 Å². The highest BCUT2D eigenvalue weighted by Crippen LogP contribution is 2.28.